The molecule has 5 nitrogen and oxygen atoms in total. The third-order valence-corrected chi connectivity index (χ3v) is 8.85. The molecule has 0 aromatic carbocycles. The molecule has 0 aliphatic carbocycles. The number of amides is 1. The smallest absolute Gasteiger partial charge is 0.252 e. The molecule has 142 valence electrons. The van der Waals surface area contributed by atoms with Crippen LogP contribution in [-0.2, 0) is 14.8 Å². The van der Waals surface area contributed by atoms with E-state index >= 15 is 0 Å². The molecule has 2 atom stereocenters. The maximum Gasteiger partial charge on any atom is 0.252 e. The van der Waals surface area contributed by atoms with Gasteiger partial charge in [-0.3, -0.25) is 4.79 Å². The van der Waals surface area contributed by atoms with Gasteiger partial charge < -0.3 is 5.32 Å². The Hall–Kier alpha value is -1.22. The summed E-state index contributed by atoms with van der Waals surface area (Å²) in [4.78, 5) is 14.0. The van der Waals surface area contributed by atoms with E-state index in [0.717, 1.165) is 11.3 Å². The van der Waals surface area contributed by atoms with Gasteiger partial charge in [-0.25, -0.2) is 8.42 Å². The second-order valence-corrected chi connectivity index (χ2v) is 11.0. The average molecular weight is 413 g/mol. The quantitative estimate of drug-likeness (QED) is 0.786. The van der Waals surface area contributed by atoms with Crippen LogP contribution in [0.5, 0.6) is 0 Å². The highest BCUT2D eigenvalue weighted by Crippen LogP contribution is 2.29. The number of hydrogen-bond acceptors (Lipinski definition) is 5. The average Bonchev–Trinajstić information content (AvgIpc) is 3.32. The van der Waals surface area contributed by atoms with Gasteiger partial charge in [0.2, 0.25) is 5.91 Å². The maximum absolute atomic E-state index is 12.8. The second-order valence-electron chi connectivity index (χ2n) is 6.88. The summed E-state index contributed by atoms with van der Waals surface area (Å²) in [5.74, 6) is -0.0879. The summed E-state index contributed by atoms with van der Waals surface area (Å²) in [5.41, 5.74) is 0. The third-order valence-electron chi connectivity index (χ3n) is 4.66. The van der Waals surface area contributed by atoms with Crippen molar-refractivity contribution in [2.24, 2.45) is 11.8 Å². The minimum absolute atomic E-state index is 0.0354. The fraction of sp³-hybridized carbons (Fsp3) is 0.500. The van der Waals surface area contributed by atoms with Gasteiger partial charge in [-0.1, -0.05) is 26.0 Å². The minimum atomic E-state index is -3.50. The molecular formula is C18H24N2O3S3. The standard InChI is InChI=1S/C18H24N2O3S3/c1-13(2)17(15-7-4-10-24-15)19-18(21)14-6-3-9-20(12-14)26(22,23)16-8-5-11-25-16/h4-5,7-8,10-11,13-14,17H,3,6,9,12H2,1-2H3,(H,19,21)/t14-,17+/m1/s1. The van der Waals surface area contributed by atoms with Gasteiger partial charge in [0.15, 0.2) is 0 Å². The van der Waals surface area contributed by atoms with Crippen LogP contribution in [0.1, 0.15) is 37.6 Å². The lowest BCUT2D eigenvalue weighted by Gasteiger charge is -2.32. The molecule has 1 amide bonds. The predicted octanol–water partition coefficient (Wildman–Crippen LogP) is 3.72. The monoisotopic (exact) mass is 412 g/mol. The number of rotatable bonds is 6. The van der Waals surface area contributed by atoms with Crippen LogP contribution >= 0.6 is 22.7 Å². The summed E-state index contributed by atoms with van der Waals surface area (Å²) in [5, 5.41) is 6.91. The predicted molar refractivity (Wildman–Crippen MR) is 106 cm³/mol. The first kappa shape index (κ1) is 19.5. The van der Waals surface area contributed by atoms with Gasteiger partial charge in [0, 0.05) is 18.0 Å². The van der Waals surface area contributed by atoms with Crippen LogP contribution in [0.2, 0.25) is 0 Å². The Bertz CT molecular complexity index is 814. The fourth-order valence-electron chi connectivity index (χ4n) is 3.22. The lowest BCUT2D eigenvalue weighted by Crippen LogP contribution is -2.46. The summed E-state index contributed by atoms with van der Waals surface area (Å²) in [6.45, 7) is 4.89. The molecule has 8 heteroatoms. The van der Waals surface area contributed by atoms with Crippen molar-refractivity contribution in [2.45, 2.75) is 36.9 Å². The van der Waals surface area contributed by atoms with E-state index in [0.29, 0.717) is 17.2 Å². The lowest BCUT2D eigenvalue weighted by molar-refractivity contribution is -0.127. The first-order chi connectivity index (χ1) is 12.4. The Labute approximate surface area is 163 Å². The van der Waals surface area contributed by atoms with E-state index < -0.39 is 10.0 Å². The van der Waals surface area contributed by atoms with Crippen LogP contribution in [0.15, 0.2) is 39.2 Å². The first-order valence-corrected chi connectivity index (χ1v) is 12.0. The van der Waals surface area contributed by atoms with Gasteiger partial charge in [0.05, 0.1) is 12.0 Å². The van der Waals surface area contributed by atoms with Crippen molar-refractivity contribution in [3.63, 3.8) is 0 Å². The summed E-state index contributed by atoms with van der Waals surface area (Å²) >= 11 is 2.85. The van der Waals surface area contributed by atoms with Crippen LogP contribution in [0.3, 0.4) is 0 Å². The van der Waals surface area contributed by atoms with E-state index in [9.17, 15) is 13.2 Å². The Morgan fingerprint density at radius 2 is 1.96 bits per heavy atom. The number of nitrogens with one attached hydrogen (secondary N) is 1. The van der Waals surface area contributed by atoms with E-state index in [1.807, 2.05) is 17.5 Å². The highest BCUT2D eigenvalue weighted by molar-refractivity contribution is 7.91. The molecule has 1 aliphatic rings. The number of nitrogens with zero attached hydrogens (tertiary/aromatic N) is 1. The minimum Gasteiger partial charge on any atom is -0.348 e. The number of thiophene rings is 2. The molecule has 2 aromatic heterocycles. The molecule has 0 radical (unpaired) electrons. The molecule has 0 unspecified atom stereocenters. The molecule has 1 aliphatic heterocycles. The van der Waals surface area contributed by atoms with Crippen molar-refractivity contribution in [1.29, 1.82) is 0 Å². The molecule has 3 heterocycles. The SMILES string of the molecule is CC(C)[C@H](NC(=O)[C@@H]1CCCN(S(=O)(=O)c2cccs2)C1)c1cccs1. The van der Waals surface area contributed by atoms with Crippen molar-refractivity contribution in [3.05, 3.63) is 39.9 Å². The van der Waals surface area contributed by atoms with Crippen LogP contribution < -0.4 is 5.32 Å². The Morgan fingerprint density at radius 3 is 2.58 bits per heavy atom. The van der Waals surface area contributed by atoms with E-state index in [1.165, 1.54) is 15.6 Å². The number of carbonyl (C=O) groups excluding carboxylic acids is 1. The molecule has 2 aromatic rings. The van der Waals surface area contributed by atoms with Crippen LogP contribution in [0.25, 0.3) is 0 Å². The van der Waals surface area contributed by atoms with Gasteiger partial charge >= 0.3 is 0 Å². The van der Waals surface area contributed by atoms with Gasteiger partial charge in [-0.2, -0.15) is 4.31 Å². The summed E-state index contributed by atoms with van der Waals surface area (Å²) < 4.78 is 27.3. The highest BCUT2D eigenvalue weighted by Gasteiger charge is 2.34. The van der Waals surface area contributed by atoms with E-state index in [2.05, 4.69) is 19.2 Å². The van der Waals surface area contributed by atoms with E-state index in [4.69, 9.17) is 0 Å². The summed E-state index contributed by atoms with van der Waals surface area (Å²) in [6, 6.07) is 7.34. The molecule has 1 fully saturated rings. The Kier molecular flexibility index (Phi) is 6.17. The zero-order chi connectivity index (χ0) is 18.7. The molecule has 0 bridgehead atoms. The summed E-state index contributed by atoms with van der Waals surface area (Å²) in [6.07, 6.45) is 1.42. The van der Waals surface area contributed by atoms with Gasteiger partial charge in [-0.05, 0) is 41.7 Å². The molecular weight excluding hydrogens is 388 g/mol. The van der Waals surface area contributed by atoms with Gasteiger partial charge in [-0.15, -0.1) is 22.7 Å². The van der Waals surface area contributed by atoms with Crippen molar-refractivity contribution in [3.8, 4) is 0 Å². The molecule has 26 heavy (non-hydrogen) atoms. The molecule has 1 saturated heterocycles. The van der Waals surface area contributed by atoms with Crippen molar-refractivity contribution in [1.82, 2.24) is 9.62 Å². The van der Waals surface area contributed by atoms with Crippen LogP contribution in [0.4, 0.5) is 0 Å². The Morgan fingerprint density at radius 1 is 1.23 bits per heavy atom. The zero-order valence-corrected chi connectivity index (χ0v) is 17.4. The van der Waals surface area contributed by atoms with Crippen molar-refractivity contribution in [2.75, 3.05) is 13.1 Å². The third kappa shape index (κ3) is 4.19. The molecule has 0 saturated carbocycles. The van der Waals surface area contributed by atoms with Crippen LogP contribution in [0, 0.1) is 11.8 Å². The largest absolute Gasteiger partial charge is 0.348 e. The normalized spacial score (nSPS) is 20.2. The fourth-order valence-corrected chi connectivity index (χ4v) is 6.84. The van der Waals surface area contributed by atoms with Crippen molar-refractivity contribution < 1.29 is 13.2 Å². The molecule has 1 N–H and O–H groups in total. The molecule has 0 spiro atoms. The number of carbonyl (C=O) groups is 1. The topological polar surface area (TPSA) is 66.5 Å². The lowest BCUT2D eigenvalue weighted by atomic mass is 9.96. The van der Waals surface area contributed by atoms with Gasteiger partial charge in [0.25, 0.3) is 10.0 Å². The van der Waals surface area contributed by atoms with E-state index in [1.54, 1.807) is 28.8 Å². The van der Waals surface area contributed by atoms with Crippen LogP contribution in [-0.4, -0.2) is 31.7 Å². The van der Waals surface area contributed by atoms with Gasteiger partial charge in [0.1, 0.15) is 4.21 Å². The molecule has 3 rings (SSSR count). The zero-order valence-electron chi connectivity index (χ0n) is 14.9. The second kappa shape index (κ2) is 8.21. The highest BCUT2D eigenvalue weighted by atomic mass is 32.2. The first-order valence-electron chi connectivity index (χ1n) is 8.77. The maximum atomic E-state index is 12.8. The number of piperidine rings is 1. The number of sulfonamides is 1. The summed E-state index contributed by atoms with van der Waals surface area (Å²) in [7, 11) is -3.50. The van der Waals surface area contributed by atoms with Crippen molar-refractivity contribution >= 4 is 38.6 Å². The van der Waals surface area contributed by atoms with E-state index in [-0.39, 0.29) is 30.3 Å². The Balaban J connectivity index is 1.70. The number of hydrogen-bond donors (Lipinski definition) is 1.